The quantitative estimate of drug-likeness (QED) is 0.684. The van der Waals surface area contributed by atoms with Crippen LogP contribution in [0.2, 0.25) is 0 Å². The van der Waals surface area contributed by atoms with Crippen molar-refractivity contribution in [3.8, 4) is 0 Å². The van der Waals surface area contributed by atoms with Crippen LogP contribution in [0.15, 0.2) is 40.3 Å². The Morgan fingerprint density at radius 3 is 3.11 bits per heavy atom. The van der Waals surface area contributed by atoms with Gasteiger partial charge >= 0.3 is 0 Å². The fourth-order valence-electron chi connectivity index (χ4n) is 1.79. The van der Waals surface area contributed by atoms with Crippen LogP contribution < -0.4 is 0 Å². The van der Waals surface area contributed by atoms with Gasteiger partial charge in [0.25, 0.3) is 0 Å². The molecular formula is C13H14N4OS. The second kappa shape index (κ2) is 5.05. The molecule has 1 atom stereocenters. The molecule has 5 nitrogen and oxygen atoms in total. The first-order chi connectivity index (χ1) is 9.28. The maximum atomic E-state index is 5.26. The molecule has 3 rings (SSSR count). The number of nitrogens with zero attached hydrogens (tertiary/aromatic N) is 4. The van der Waals surface area contributed by atoms with Crippen LogP contribution in [0.1, 0.15) is 30.8 Å². The van der Waals surface area contributed by atoms with E-state index >= 15 is 0 Å². The monoisotopic (exact) mass is 274 g/mol. The summed E-state index contributed by atoms with van der Waals surface area (Å²) in [5, 5.41) is 4.93. The lowest BCUT2D eigenvalue weighted by Crippen LogP contribution is -1.93. The van der Waals surface area contributed by atoms with E-state index < -0.39 is 0 Å². The van der Waals surface area contributed by atoms with Crippen molar-refractivity contribution in [2.45, 2.75) is 30.7 Å². The molecule has 0 aliphatic carbocycles. The zero-order chi connectivity index (χ0) is 13.2. The Morgan fingerprint density at radius 2 is 2.32 bits per heavy atom. The lowest BCUT2D eigenvalue weighted by atomic mass is 10.4. The predicted molar refractivity (Wildman–Crippen MR) is 73.1 cm³/mol. The highest BCUT2D eigenvalue weighted by molar-refractivity contribution is 7.99. The van der Waals surface area contributed by atoms with Gasteiger partial charge in [-0.2, -0.15) is 4.98 Å². The van der Waals surface area contributed by atoms with E-state index in [-0.39, 0.29) is 5.25 Å². The molecule has 0 aliphatic rings. The molecular weight excluding hydrogens is 260 g/mol. The van der Waals surface area contributed by atoms with Crippen LogP contribution in [-0.4, -0.2) is 19.5 Å². The summed E-state index contributed by atoms with van der Waals surface area (Å²) in [5.41, 5.74) is 1.08. The Bertz CT molecular complexity index is 691. The fraction of sp³-hybridized carbons (Fsp3) is 0.308. The fourth-order valence-corrected chi connectivity index (χ4v) is 2.70. The summed E-state index contributed by atoms with van der Waals surface area (Å²) in [5.74, 6) is 1.39. The van der Waals surface area contributed by atoms with Gasteiger partial charge in [-0.3, -0.25) is 4.40 Å². The largest absolute Gasteiger partial charge is 0.338 e. The smallest absolute Gasteiger partial charge is 0.239 e. The third kappa shape index (κ3) is 2.35. The van der Waals surface area contributed by atoms with Crippen LogP contribution in [0.3, 0.4) is 0 Å². The molecule has 3 aromatic rings. The summed E-state index contributed by atoms with van der Waals surface area (Å²) >= 11 is 1.61. The summed E-state index contributed by atoms with van der Waals surface area (Å²) in [4.78, 5) is 8.78. The van der Waals surface area contributed by atoms with Crippen LogP contribution in [-0.2, 0) is 6.42 Å². The number of imidazole rings is 1. The zero-order valence-electron chi connectivity index (χ0n) is 10.8. The first-order valence-corrected chi connectivity index (χ1v) is 7.07. The van der Waals surface area contributed by atoms with Crippen LogP contribution in [0.25, 0.3) is 5.52 Å². The van der Waals surface area contributed by atoms with Crippen molar-refractivity contribution in [1.29, 1.82) is 0 Å². The maximum Gasteiger partial charge on any atom is 0.239 e. The lowest BCUT2D eigenvalue weighted by Gasteiger charge is -2.05. The van der Waals surface area contributed by atoms with E-state index in [1.807, 2.05) is 44.4 Å². The van der Waals surface area contributed by atoms with Crippen molar-refractivity contribution in [3.63, 3.8) is 0 Å². The molecule has 0 radical (unpaired) electrons. The van der Waals surface area contributed by atoms with Gasteiger partial charge in [0.1, 0.15) is 0 Å². The molecule has 0 fully saturated rings. The van der Waals surface area contributed by atoms with Gasteiger partial charge in [-0.05, 0) is 19.1 Å². The van der Waals surface area contributed by atoms with Gasteiger partial charge in [-0.15, -0.1) is 0 Å². The summed E-state index contributed by atoms with van der Waals surface area (Å²) in [7, 11) is 0. The summed E-state index contributed by atoms with van der Waals surface area (Å²) < 4.78 is 7.31. The minimum absolute atomic E-state index is 0.0820. The maximum absolute atomic E-state index is 5.26. The number of aryl methyl sites for hydroxylation is 1. The summed E-state index contributed by atoms with van der Waals surface area (Å²) in [6, 6.07) is 6.02. The molecule has 0 saturated carbocycles. The van der Waals surface area contributed by atoms with E-state index in [1.54, 1.807) is 11.8 Å². The zero-order valence-corrected chi connectivity index (χ0v) is 11.6. The predicted octanol–water partition coefficient (Wildman–Crippen LogP) is 3.13. The molecule has 0 N–H and O–H groups in total. The first kappa shape index (κ1) is 12.2. The Morgan fingerprint density at radius 1 is 1.42 bits per heavy atom. The Hall–Kier alpha value is -1.82. The molecule has 19 heavy (non-hydrogen) atoms. The molecule has 3 heterocycles. The molecule has 0 amide bonds. The molecule has 0 unspecified atom stereocenters. The number of hydrogen-bond acceptors (Lipinski definition) is 5. The first-order valence-electron chi connectivity index (χ1n) is 6.19. The highest BCUT2D eigenvalue weighted by Gasteiger charge is 2.17. The topological polar surface area (TPSA) is 56.2 Å². The van der Waals surface area contributed by atoms with Gasteiger partial charge in [-0.25, -0.2) is 4.98 Å². The van der Waals surface area contributed by atoms with Crippen LogP contribution in [0, 0.1) is 0 Å². The van der Waals surface area contributed by atoms with E-state index in [1.165, 1.54) is 0 Å². The van der Waals surface area contributed by atoms with Gasteiger partial charge in [-0.1, -0.05) is 29.9 Å². The number of hydrogen-bond donors (Lipinski definition) is 0. The van der Waals surface area contributed by atoms with Crippen molar-refractivity contribution in [2.75, 3.05) is 0 Å². The van der Waals surface area contributed by atoms with Gasteiger partial charge in [0, 0.05) is 12.6 Å². The van der Waals surface area contributed by atoms with Crippen molar-refractivity contribution < 1.29 is 4.52 Å². The Kier molecular flexibility index (Phi) is 3.25. The van der Waals surface area contributed by atoms with Crippen LogP contribution in [0.4, 0.5) is 0 Å². The third-order valence-electron chi connectivity index (χ3n) is 2.83. The molecule has 6 heteroatoms. The average molecular weight is 274 g/mol. The van der Waals surface area contributed by atoms with Crippen molar-refractivity contribution in [1.82, 2.24) is 19.5 Å². The Balaban J connectivity index is 1.84. The molecule has 0 saturated heterocycles. The molecule has 0 aromatic carbocycles. The summed E-state index contributed by atoms with van der Waals surface area (Å²) in [6.07, 6.45) is 4.65. The number of fused-ring (bicyclic) bond motifs is 1. The van der Waals surface area contributed by atoms with E-state index in [9.17, 15) is 0 Å². The molecule has 0 aliphatic heterocycles. The van der Waals surface area contributed by atoms with E-state index in [2.05, 4.69) is 19.5 Å². The molecule has 98 valence electrons. The highest BCUT2D eigenvalue weighted by atomic mass is 32.2. The lowest BCUT2D eigenvalue weighted by molar-refractivity contribution is 0.375. The standard InChI is InChI=1S/C13H14N4OS/c1-3-11-15-12(18-16-11)9(2)19-13-14-8-10-6-4-5-7-17(10)13/h4-9H,3H2,1-2H3/t9-/m1/s1. The number of pyridine rings is 1. The SMILES string of the molecule is CCc1noc([C@@H](C)Sc2ncc3ccccn23)n1. The number of rotatable bonds is 4. The molecule has 0 bridgehead atoms. The number of thioether (sulfide) groups is 1. The second-order valence-corrected chi connectivity index (χ2v) is 5.51. The summed E-state index contributed by atoms with van der Waals surface area (Å²) in [6.45, 7) is 4.05. The van der Waals surface area contributed by atoms with Gasteiger partial charge in [0.2, 0.25) is 5.89 Å². The molecule has 0 spiro atoms. The van der Waals surface area contributed by atoms with Gasteiger partial charge in [0.15, 0.2) is 11.0 Å². The van der Waals surface area contributed by atoms with E-state index in [0.717, 1.165) is 22.9 Å². The van der Waals surface area contributed by atoms with Crippen molar-refractivity contribution in [3.05, 3.63) is 42.3 Å². The minimum Gasteiger partial charge on any atom is -0.338 e. The van der Waals surface area contributed by atoms with E-state index in [4.69, 9.17) is 4.52 Å². The van der Waals surface area contributed by atoms with Gasteiger partial charge < -0.3 is 4.52 Å². The van der Waals surface area contributed by atoms with E-state index in [0.29, 0.717) is 5.89 Å². The highest BCUT2D eigenvalue weighted by Crippen LogP contribution is 2.33. The second-order valence-electron chi connectivity index (χ2n) is 4.20. The minimum atomic E-state index is 0.0820. The van der Waals surface area contributed by atoms with Gasteiger partial charge in [0.05, 0.1) is 17.0 Å². The third-order valence-corrected chi connectivity index (χ3v) is 3.90. The normalized spacial score (nSPS) is 12.9. The Labute approximate surface area is 115 Å². The van der Waals surface area contributed by atoms with Crippen molar-refractivity contribution in [2.24, 2.45) is 0 Å². The average Bonchev–Trinajstić information content (AvgIpc) is 3.06. The van der Waals surface area contributed by atoms with Crippen LogP contribution in [0.5, 0.6) is 0 Å². The van der Waals surface area contributed by atoms with Crippen molar-refractivity contribution >= 4 is 17.3 Å². The van der Waals surface area contributed by atoms with Crippen LogP contribution >= 0.6 is 11.8 Å². The molecule has 3 aromatic heterocycles. The number of aromatic nitrogens is 4.